The number of hydrogen-bond donors (Lipinski definition) is 0. The number of benzene rings is 1. The molecule has 0 aliphatic rings. The first kappa shape index (κ1) is 10.9. The molecule has 0 bridgehead atoms. The second kappa shape index (κ2) is 4.52. The number of aromatic nitrogens is 2. The zero-order chi connectivity index (χ0) is 11.5. The van der Waals surface area contributed by atoms with E-state index in [0.717, 1.165) is 6.07 Å². The molecule has 0 aliphatic heterocycles. The molecule has 0 atom stereocenters. The lowest BCUT2D eigenvalue weighted by molar-refractivity contribution is 0.401. The molecule has 0 saturated heterocycles. The van der Waals surface area contributed by atoms with Gasteiger partial charge in [-0.3, -0.25) is 0 Å². The van der Waals surface area contributed by atoms with Crippen LogP contribution in [0.25, 0.3) is 0 Å². The highest BCUT2D eigenvalue weighted by molar-refractivity contribution is 9.10. The monoisotopic (exact) mass is 286 g/mol. The lowest BCUT2D eigenvalue weighted by atomic mass is 10.3. The van der Waals surface area contributed by atoms with Crippen molar-refractivity contribution in [3.05, 3.63) is 46.6 Å². The van der Waals surface area contributed by atoms with Crippen molar-refractivity contribution < 1.29 is 13.5 Å². The molecular formula is C10H5BrF2N2O. The zero-order valence-corrected chi connectivity index (χ0v) is 9.41. The maximum Gasteiger partial charge on any atom is 0.238 e. The summed E-state index contributed by atoms with van der Waals surface area (Å²) in [4.78, 5) is 0. The van der Waals surface area contributed by atoms with Gasteiger partial charge in [-0.05, 0) is 18.2 Å². The van der Waals surface area contributed by atoms with Crippen molar-refractivity contribution in [3.63, 3.8) is 0 Å². The molecule has 0 N–H and O–H groups in total. The van der Waals surface area contributed by atoms with Crippen LogP contribution in [0.1, 0.15) is 0 Å². The second-order valence-corrected chi connectivity index (χ2v) is 3.78. The minimum atomic E-state index is -1.06. The Morgan fingerprint density at radius 2 is 2.06 bits per heavy atom. The molecule has 1 heterocycles. The zero-order valence-electron chi connectivity index (χ0n) is 7.82. The fourth-order valence-electron chi connectivity index (χ4n) is 1.06. The van der Waals surface area contributed by atoms with Gasteiger partial charge >= 0.3 is 0 Å². The van der Waals surface area contributed by atoms with Crippen molar-refractivity contribution in [2.75, 3.05) is 0 Å². The summed E-state index contributed by atoms with van der Waals surface area (Å²) in [7, 11) is 0. The first-order valence-corrected chi connectivity index (χ1v) is 5.06. The van der Waals surface area contributed by atoms with Crippen LogP contribution >= 0.6 is 15.9 Å². The van der Waals surface area contributed by atoms with E-state index in [0.29, 0.717) is 4.47 Å². The van der Waals surface area contributed by atoms with Crippen molar-refractivity contribution in [1.29, 1.82) is 0 Å². The van der Waals surface area contributed by atoms with Gasteiger partial charge in [0, 0.05) is 16.7 Å². The Labute approximate surface area is 98.2 Å². The van der Waals surface area contributed by atoms with E-state index in [-0.39, 0.29) is 11.6 Å². The normalized spacial score (nSPS) is 10.2. The first-order chi connectivity index (χ1) is 7.66. The molecule has 16 heavy (non-hydrogen) atoms. The number of ether oxygens (including phenoxy) is 1. The van der Waals surface area contributed by atoms with Gasteiger partial charge in [-0.25, -0.2) is 4.39 Å². The fraction of sp³-hybridized carbons (Fsp3) is 0. The summed E-state index contributed by atoms with van der Waals surface area (Å²) >= 11 is 3.04. The van der Waals surface area contributed by atoms with Crippen molar-refractivity contribution in [2.45, 2.75) is 0 Å². The molecule has 0 saturated carbocycles. The molecule has 0 radical (unpaired) electrons. The Morgan fingerprint density at radius 3 is 2.75 bits per heavy atom. The maximum atomic E-state index is 13.3. The van der Waals surface area contributed by atoms with Gasteiger partial charge in [0.1, 0.15) is 0 Å². The lowest BCUT2D eigenvalue weighted by Gasteiger charge is -2.05. The molecule has 0 aliphatic carbocycles. The van der Waals surface area contributed by atoms with Crippen LogP contribution in [-0.4, -0.2) is 10.2 Å². The highest BCUT2D eigenvalue weighted by atomic mass is 79.9. The maximum absolute atomic E-state index is 13.3. The molecule has 1 aromatic carbocycles. The topological polar surface area (TPSA) is 35.0 Å². The van der Waals surface area contributed by atoms with Crippen LogP contribution in [0.5, 0.6) is 11.6 Å². The van der Waals surface area contributed by atoms with Gasteiger partial charge in [0.05, 0.1) is 0 Å². The molecule has 3 nitrogen and oxygen atoms in total. The van der Waals surface area contributed by atoms with Gasteiger partial charge in [-0.2, -0.15) is 9.49 Å². The molecule has 0 unspecified atom stereocenters. The second-order valence-electron chi connectivity index (χ2n) is 2.86. The van der Waals surface area contributed by atoms with Crippen LogP contribution in [0, 0.1) is 11.6 Å². The number of nitrogens with zero attached hydrogens (tertiary/aromatic N) is 2. The molecule has 6 heteroatoms. The minimum Gasteiger partial charge on any atom is -0.434 e. The molecular weight excluding hydrogens is 282 g/mol. The van der Waals surface area contributed by atoms with E-state index in [9.17, 15) is 8.78 Å². The summed E-state index contributed by atoms with van der Waals surface area (Å²) in [5.74, 6) is -2.20. The molecule has 2 aromatic rings. The van der Waals surface area contributed by atoms with Crippen LogP contribution in [-0.2, 0) is 0 Å². The quantitative estimate of drug-likeness (QED) is 0.795. The van der Waals surface area contributed by atoms with Crippen LogP contribution in [0.3, 0.4) is 0 Å². The predicted octanol–water partition coefficient (Wildman–Crippen LogP) is 3.31. The summed E-state index contributed by atoms with van der Waals surface area (Å²) in [6.45, 7) is 0. The Bertz CT molecular complexity index is 508. The van der Waals surface area contributed by atoms with E-state index in [4.69, 9.17) is 4.74 Å². The van der Waals surface area contributed by atoms with Gasteiger partial charge < -0.3 is 4.74 Å². The van der Waals surface area contributed by atoms with Crippen LogP contribution in [0.15, 0.2) is 34.9 Å². The lowest BCUT2D eigenvalue weighted by Crippen LogP contribution is -1.94. The van der Waals surface area contributed by atoms with E-state index in [2.05, 4.69) is 26.1 Å². The standard InChI is InChI=1S/C10H5BrF2N2O/c11-6-4-7(12)10(13)8(5-6)16-9-2-1-3-14-15-9/h1-5H. The Morgan fingerprint density at radius 1 is 1.25 bits per heavy atom. The average molecular weight is 287 g/mol. The predicted molar refractivity (Wildman–Crippen MR) is 56.2 cm³/mol. The third-order valence-corrected chi connectivity index (χ3v) is 2.18. The SMILES string of the molecule is Fc1cc(Br)cc(Oc2cccnn2)c1F. The minimum absolute atomic E-state index is 0.0962. The summed E-state index contributed by atoms with van der Waals surface area (Å²) < 4.78 is 31.8. The van der Waals surface area contributed by atoms with E-state index < -0.39 is 11.6 Å². The summed E-state index contributed by atoms with van der Waals surface area (Å²) in [5, 5.41) is 7.15. The van der Waals surface area contributed by atoms with Crippen LogP contribution in [0.4, 0.5) is 8.78 Å². The third kappa shape index (κ3) is 2.33. The molecule has 0 amide bonds. The van der Waals surface area contributed by atoms with Crippen molar-refractivity contribution >= 4 is 15.9 Å². The largest absolute Gasteiger partial charge is 0.434 e. The average Bonchev–Trinajstić information content (AvgIpc) is 2.27. The highest BCUT2D eigenvalue weighted by Crippen LogP contribution is 2.28. The molecule has 0 fully saturated rings. The number of halogens is 3. The summed E-state index contributed by atoms with van der Waals surface area (Å²) in [6.07, 6.45) is 1.45. The summed E-state index contributed by atoms with van der Waals surface area (Å²) in [6, 6.07) is 5.39. The smallest absolute Gasteiger partial charge is 0.238 e. The van der Waals surface area contributed by atoms with Crippen molar-refractivity contribution in [2.24, 2.45) is 0 Å². The highest BCUT2D eigenvalue weighted by Gasteiger charge is 2.12. The third-order valence-electron chi connectivity index (χ3n) is 1.72. The Balaban J connectivity index is 2.35. The summed E-state index contributed by atoms with van der Waals surface area (Å²) in [5.41, 5.74) is 0. The van der Waals surface area contributed by atoms with E-state index in [1.807, 2.05) is 0 Å². The molecule has 1 aromatic heterocycles. The van der Waals surface area contributed by atoms with Gasteiger partial charge in [-0.1, -0.05) is 15.9 Å². The van der Waals surface area contributed by atoms with Gasteiger partial charge in [0.25, 0.3) is 0 Å². The van der Waals surface area contributed by atoms with E-state index in [1.54, 1.807) is 6.07 Å². The Hall–Kier alpha value is -1.56. The van der Waals surface area contributed by atoms with Crippen LogP contribution < -0.4 is 4.74 Å². The fourth-order valence-corrected chi connectivity index (χ4v) is 1.47. The molecule has 82 valence electrons. The van der Waals surface area contributed by atoms with Crippen molar-refractivity contribution in [3.8, 4) is 11.6 Å². The van der Waals surface area contributed by atoms with Gasteiger partial charge in [-0.15, -0.1) is 5.10 Å². The first-order valence-electron chi connectivity index (χ1n) is 4.27. The van der Waals surface area contributed by atoms with E-state index >= 15 is 0 Å². The molecule has 2 rings (SSSR count). The van der Waals surface area contributed by atoms with E-state index in [1.165, 1.54) is 18.3 Å². The number of hydrogen-bond acceptors (Lipinski definition) is 3. The number of rotatable bonds is 2. The van der Waals surface area contributed by atoms with Gasteiger partial charge in [0.2, 0.25) is 11.7 Å². The molecule has 0 spiro atoms. The van der Waals surface area contributed by atoms with Crippen LogP contribution in [0.2, 0.25) is 0 Å². The van der Waals surface area contributed by atoms with Crippen molar-refractivity contribution in [1.82, 2.24) is 10.2 Å². The Kier molecular flexibility index (Phi) is 3.09. The van der Waals surface area contributed by atoms with Gasteiger partial charge in [0.15, 0.2) is 11.6 Å².